The Morgan fingerprint density at radius 3 is 2.59 bits per heavy atom. The predicted molar refractivity (Wildman–Crippen MR) is 88.7 cm³/mol. The van der Waals surface area contributed by atoms with Gasteiger partial charge in [0.05, 0.1) is 6.10 Å². The molecule has 0 N–H and O–H groups in total. The van der Waals surface area contributed by atoms with Crippen molar-refractivity contribution in [3.63, 3.8) is 0 Å². The van der Waals surface area contributed by atoms with Gasteiger partial charge in [-0.15, -0.1) is 0 Å². The molecule has 2 nitrogen and oxygen atoms in total. The quantitative estimate of drug-likeness (QED) is 0.716. The smallest absolute Gasteiger partial charge is 0.204 e. The van der Waals surface area contributed by atoms with Crippen LogP contribution in [0.2, 0.25) is 0 Å². The fourth-order valence-corrected chi connectivity index (χ4v) is 4.04. The Labute approximate surface area is 142 Å². The van der Waals surface area contributed by atoms with E-state index in [4.69, 9.17) is 27.9 Å². The average molecular weight is 339 g/mol. The SMILES string of the molecule is [CH2]CCC(Cl)(Cl)C(=O)[C]1OC2CCC1CC2c1ccccc1. The lowest BCUT2D eigenvalue weighted by atomic mass is 9.70. The van der Waals surface area contributed by atoms with Crippen LogP contribution < -0.4 is 0 Å². The van der Waals surface area contributed by atoms with Crippen molar-refractivity contribution in [2.24, 2.45) is 5.92 Å². The Morgan fingerprint density at radius 2 is 2.00 bits per heavy atom. The van der Waals surface area contributed by atoms with Crippen LogP contribution in [-0.2, 0) is 9.53 Å². The highest BCUT2D eigenvalue weighted by molar-refractivity contribution is 6.59. The number of Topliss-reactive ketones (excluding diaryl/α,β-unsaturated/α-hetero) is 1. The molecule has 0 aromatic heterocycles. The van der Waals surface area contributed by atoms with E-state index in [1.54, 1.807) is 0 Å². The van der Waals surface area contributed by atoms with E-state index >= 15 is 0 Å². The first-order valence-corrected chi connectivity index (χ1v) is 8.59. The van der Waals surface area contributed by atoms with Crippen molar-refractivity contribution in [2.75, 3.05) is 0 Å². The summed E-state index contributed by atoms with van der Waals surface area (Å²) in [4.78, 5) is 12.6. The number of rotatable bonds is 5. The van der Waals surface area contributed by atoms with E-state index < -0.39 is 4.33 Å². The molecule has 4 heteroatoms. The molecule has 0 spiro atoms. The maximum Gasteiger partial charge on any atom is 0.204 e. The van der Waals surface area contributed by atoms with Gasteiger partial charge in [0.25, 0.3) is 0 Å². The number of halogens is 2. The number of ketones is 1. The van der Waals surface area contributed by atoms with Crippen molar-refractivity contribution < 1.29 is 9.53 Å². The molecule has 3 fully saturated rings. The molecule has 118 valence electrons. The Balaban J connectivity index is 1.74. The molecule has 3 atom stereocenters. The van der Waals surface area contributed by atoms with Gasteiger partial charge in [-0.3, -0.25) is 4.79 Å². The lowest BCUT2D eigenvalue weighted by Gasteiger charge is -2.47. The molecular weight excluding hydrogens is 319 g/mol. The summed E-state index contributed by atoms with van der Waals surface area (Å²) in [5.74, 6) is 0.217. The number of alkyl halides is 2. The summed E-state index contributed by atoms with van der Waals surface area (Å²) < 4.78 is 4.62. The third-order valence-corrected chi connectivity index (χ3v) is 5.43. The van der Waals surface area contributed by atoms with Gasteiger partial charge in [0.1, 0.15) is 0 Å². The zero-order valence-electron chi connectivity index (χ0n) is 12.4. The maximum atomic E-state index is 12.6. The van der Waals surface area contributed by atoms with E-state index in [0.717, 1.165) is 19.3 Å². The van der Waals surface area contributed by atoms with Crippen LogP contribution in [0.5, 0.6) is 0 Å². The second kappa shape index (κ2) is 6.51. The minimum atomic E-state index is -1.41. The van der Waals surface area contributed by atoms with E-state index in [0.29, 0.717) is 24.9 Å². The molecule has 2 saturated heterocycles. The van der Waals surface area contributed by atoms with E-state index in [9.17, 15) is 4.79 Å². The van der Waals surface area contributed by atoms with Crippen LogP contribution in [-0.4, -0.2) is 16.2 Å². The average Bonchev–Trinajstić information content (AvgIpc) is 2.55. The van der Waals surface area contributed by atoms with E-state index in [1.807, 2.05) is 18.2 Å². The first-order valence-electron chi connectivity index (χ1n) is 7.83. The zero-order chi connectivity index (χ0) is 15.7. The molecule has 0 amide bonds. The summed E-state index contributed by atoms with van der Waals surface area (Å²) in [5, 5.41) is 0. The lowest BCUT2D eigenvalue weighted by molar-refractivity contribution is -0.138. The molecule has 1 aliphatic carbocycles. The van der Waals surface area contributed by atoms with E-state index in [1.165, 1.54) is 5.56 Å². The molecule has 3 unspecified atom stereocenters. The largest absolute Gasteiger partial charge is 0.359 e. The van der Waals surface area contributed by atoms with Gasteiger partial charge in [0.2, 0.25) is 5.78 Å². The highest BCUT2D eigenvalue weighted by atomic mass is 35.5. The summed E-state index contributed by atoms with van der Waals surface area (Å²) in [6.07, 6.45) is 4.30. The maximum absolute atomic E-state index is 12.6. The van der Waals surface area contributed by atoms with Crippen LogP contribution in [0.15, 0.2) is 30.3 Å². The van der Waals surface area contributed by atoms with Crippen LogP contribution >= 0.6 is 23.2 Å². The van der Waals surface area contributed by atoms with Crippen molar-refractivity contribution >= 4 is 29.0 Å². The van der Waals surface area contributed by atoms with Gasteiger partial charge >= 0.3 is 0 Å². The van der Waals surface area contributed by atoms with Gasteiger partial charge in [-0.1, -0.05) is 60.5 Å². The van der Waals surface area contributed by atoms with Crippen molar-refractivity contribution in [1.29, 1.82) is 0 Å². The Kier molecular flexibility index (Phi) is 4.82. The Bertz CT molecular complexity index is 529. The lowest BCUT2D eigenvalue weighted by Crippen LogP contribution is -2.47. The fourth-order valence-electron chi connectivity index (χ4n) is 3.59. The third kappa shape index (κ3) is 3.06. The molecule has 1 saturated carbocycles. The van der Waals surface area contributed by atoms with Crippen LogP contribution in [0.25, 0.3) is 0 Å². The number of fused-ring (bicyclic) bond motifs is 3. The van der Waals surface area contributed by atoms with E-state index in [-0.39, 0.29) is 17.8 Å². The van der Waals surface area contributed by atoms with Gasteiger partial charge < -0.3 is 4.74 Å². The highest BCUT2D eigenvalue weighted by Gasteiger charge is 2.51. The molecule has 2 bridgehead atoms. The van der Waals surface area contributed by atoms with Gasteiger partial charge in [-0.05, 0) is 43.6 Å². The summed E-state index contributed by atoms with van der Waals surface area (Å²) >= 11 is 12.4. The molecule has 4 rings (SSSR count). The second-order valence-corrected chi connectivity index (χ2v) is 7.67. The van der Waals surface area contributed by atoms with Crippen LogP contribution in [0.4, 0.5) is 0 Å². The molecule has 1 aromatic carbocycles. The number of ether oxygens (including phenoxy) is 1. The van der Waals surface area contributed by atoms with Gasteiger partial charge in [-0.2, -0.15) is 0 Å². The van der Waals surface area contributed by atoms with Crippen molar-refractivity contribution in [1.82, 2.24) is 0 Å². The first-order chi connectivity index (χ1) is 10.5. The molecule has 2 heterocycles. The van der Waals surface area contributed by atoms with Crippen LogP contribution in [0, 0.1) is 18.9 Å². The third-order valence-electron chi connectivity index (χ3n) is 4.71. The standard InChI is InChI=1S/C18H20Cl2O2/c1-2-10-18(19,20)17(21)16-13-8-9-15(22-16)14(11-13)12-6-4-3-5-7-12/h3-7,13-15H,1-2,8-11H2. The number of carbonyl (C=O) groups is 1. The number of carbonyl (C=O) groups excluding carboxylic acids is 1. The van der Waals surface area contributed by atoms with Gasteiger partial charge in [0.15, 0.2) is 10.4 Å². The second-order valence-electron chi connectivity index (χ2n) is 6.18. The molecule has 1 aromatic rings. The molecule has 2 radical (unpaired) electrons. The Hall–Kier alpha value is -0.570. The fraction of sp³-hybridized carbons (Fsp3) is 0.500. The van der Waals surface area contributed by atoms with Gasteiger partial charge in [-0.25, -0.2) is 0 Å². The predicted octanol–water partition coefficient (Wildman–Crippen LogP) is 4.86. The van der Waals surface area contributed by atoms with Crippen LogP contribution in [0.1, 0.15) is 43.6 Å². The number of hydrogen-bond donors (Lipinski definition) is 0. The molecule has 22 heavy (non-hydrogen) atoms. The minimum absolute atomic E-state index is 0.0511. The summed E-state index contributed by atoms with van der Waals surface area (Å²) in [6.45, 7) is 3.73. The van der Waals surface area contributed by atoms with E-state index in [2.05, 4.69) is 19.1 Å². The normalized spacial score (nSPS) is 28.8. The number of benzene rings is 1. The highest BCUT2D eigenvalue weighted by Crippen LogP contribution is 2.51. The Morgan fingerprint density at radius 1 is 1.27 bits per heavy atom. The summed E-state index contributed by atoms with van der Waals surface area (Å²) in [6, 6.07) is 10.4. The summed E-state index contributed by atoms with van der Waals surface area (Å²) in [7, 11) is 0. The molecular formula is C18H20Cl2O2. The van der Waals surface area contributed by atoms with Gasteiger partial charge in [0, 0.05) is 5.92 Å². The minimum Gasteiger partial charge on any atom is -0.359 e. The van der Waals surface area contributed by atoms with Crippen molar-refractivity contribution in [3.05, 3.63) is 48.9 Å². The van der Waals surface area contributed by atoms with Crippen molar-refractivity contribution in [2.45, 2.75) is 48.5 Å². The monoisotopic (exact) mass is 338 g/mol. The van der Waals surface area contributed by atoms with Crippen molar-refractivity contribution in [3.8, 4) is 0 Å². The number of hydrogen-bond acceptors (Lipinski definition) is 2. The molecule has 3 aliphatic rings. The first kappa shape index (κ1) is 16.3. The topological polar surface area (TPSA) is 26.3 Å². The zero-order valence-corrected chi connectivity index (χ0v) is 13.9. The molecule has 2 aliphatic heterocycles. The summed E-state index contributed by atoms with van der Waals surface area (Å²) in [5.41, 5.74) is 1.28. The van der Waals surface area contributed by atoms with Crippen LogP contribution in [0.3, 0.4) is 0 Å².